The molecule has 1 atom stereocenters. The number of amides is 1. The molecule has 1 unspecified atom stereocenters. The minimum absolute atomic E-state index is 0.0334. The van der Waals surface area contributed by atoms with E-state index in [-0.39, 0.29) is 23.2 Å². The third-order valence-electron chi connectivity index (χ3n) is 3.92. The molecule has 1 aliphatic heterocycles. The van der Waals surface area contributed by atoms with Gasteiger partial charge in [-0.25, -0.2) is 13.4 Å². The van der Waals surface area contributed by atoms with E-state index in [4.69, 9.17) is 4.42 Å². The number of sulfone groups is 1. The summed E-state index contributed by atoms with van der Waals surface area (Å²) in [5.41, 5.74) is -0.732. The van der Waals surface area contributed by atoms with Gasteiger partial charge in [0.25, 0.3) is 5.91 Å². The molecule has 1 amide bonds. The lowest BCUT2D eigenvalue weighted by atomic mass is 10.0. The van der Waals surface area contributed by atoms with Gasteiger partial charge in [-0.1, -0.05) is 11.8 Å². The van der Waals surface area contributed by atoms with Crippen LogP contribution < -0.4 is 5.32 Å². The van der Waals surface area contributed by atoms with Gasteiger partial charge >= 0.3 is 0 Å². The highest BCUT2D eigenvalue weighted by atomic mass is 32.2. The zero-order valence-corrected chi connectivity index (χ0v) is 15.1. The van der Waals surface area contributed by atoms with Gasteiger partial charge in [0, 0.05) is 19.4 Å². The predicted octanol–water partition coefficient (Wildman–Crippen LogP) is 1.61. The van der Waals surface area contributed by atoms with Crippen molar-refractivity contribution in [3.63, 3.8) is 0 Å². The first-order chi connectivity index (χ1) is 11.3. The van der Waals surface area contributed by atoms with E-state index in [0.717, 1.165) is 5.16 Å². The van der Waals surface area contributed by atoms with Crippen molar-refractivity contribution in [2.75, 3.05) is 11.5 Å². The molecular weight excluding hydrogens is 350 g/mol. The lowest BCUT2D eigenvalue weighted by Gasteiger charge is -2.23. The van der Waals surface area contributed by atoms with Crippen molar-refractivity contribution < 1.29 is 17.6 Å². The van der Waals surface area contributed by atoms with Crippen LogP contribution in [0.1, 0.15) is 29.7 Å². The molecule has 0 saturated carbocycles. The van der Waals surface area contributed by atoms with Crippen LogP contribution in [-0.4, -0.2) is 40.9 Å². The number of rotatable bonds is 5. The van der Waals surface area contributed by atoms with Crippen LogP contribution in [0.3, 0.4) is 0 Å². The Hall–Kier alpha value is -1.74. The number of imidazole rings is 1. The molecule has 2 aromatic heterocycles. The van der Waals surface area contributed by atoms with Gasteiger partial charge in [-0.15, -0.1) is 0 Å². The highest BCUT2D eigenvalue weighted by Crippen LogP contribution is 2.25. The van der Waals surface area contributed by atoms with Gasteiger partial charge in [-0.2, -0.15) is 0 Å². The minimum Gasteiger partial charge on any atom is -0.455 e. The maximum Gasteiger partial charge on any atom is 0.287 e. The first-order valence-electron chi connectivity index (χ1n) is 7.48. The zero-order chi connectivity index (χ0) is 17.4. The van der Waals surface area contributed by atoms with Crippen LogP contribution in [0.4, 0.5) is 0 Å². The van der Waals surface area contributed by atoms with E-state index in [2.05, 4.69) is 10.3 Å². The van der Waals surface area contributed by atoms with Crippen LogP contribution in [0.15, 0.2) is 34.1 Å². The summed E-state index contributed by atoms with van der Waals surface area (Å²) in [5, 5.41) is 3.65. The van der Waals surface area contributed by atoms with E-state index >= 15 is 0 Å². The molecule has 0 radical (unpaired) electrons. The molecule has 0 bridgehead atoms. The molecule has 3 heterocycles. The van der Waals surface area contributed by atoms with Crippen LogP contribution >= 0.6 is 11.8 Å². The molecule has 130 valence electrons. The number of nitrogens with one attached hydrogen (secondary N) is 1. The predicted molar refractivity (Wildman–Crippen MR) is 90.6 cm³/mol. The van der Waals surface area contributed by atoms with Crippen LogP contribution in [0.2, 0.25) is 0 Å². The molecule has 1 aliphatic rings. The maximum atomic E-state index is 12.3. The van der Waals surface area contributed by atoms with Gasteiger partial charge in [0.05, 0.1) is 22.8 Å². The number of hydrogen-bond donors (Lipinski definition) is 1. The summed E-state index contributed by atoms with van der Waals surface area (Å²) >= 11 is 1.51. The van der Waals surface area contributed by atoms with Gasteiger partial charge in [0.15, 0.2) is 20.8 Å². The second kappa shape index (κ2) is 6.29. The van der Waals surface area contributed by atoms with Gasteiger partial charge < -0.3 is 14.3 Å². The Labute approximate surface area is 144 Å². The summed E-state index contributed by atoms with van der Waals surface area (Å²) < 4.78 is 30.7. The third-order valence-corrected chi connectivity index (χ3v) is 6.91. The van der Waals surface area contributed by atoms with Crippen molar-refractivity contribution in [2.45, 2.75) is 29.8 Å². The minimum atomic E-state index is -3.07. The highest BCUT2D eigenvalue weighted by molar-refractivity contribution is 7.98. The number of nitrogens with zero attached hydrogens (tertiary/aromatic N) is 2. The molecule has 2 aromatic rings. The quantitative estimate of drug-likeness (QED) is 0.805. The largest absolute Gasteiger partial charge is 0.455 e. The topological polar surface area (TPSA) is 94.2 Å². The van der Waals surface area contributed by atoms with Crippen molar-refractivity contribution >= 4 is 27.5 Å². The van der Waals surface area contributed by atoms with E-state index in [0.29, 0.717) is 17.9 Å². The van der Waals surface area contributed by atoms with Gasteiger partial charge in [-0.3, -0.25) is 4.79 Å². The lowest BCUT2D eigenvalue weighted by molar-refractivity contribution is 0.0885. The first-order valence-corrected chi connectivity index (χ1v) is 10.3. The van der Waals surface area contributed by atoms with Gasteiger partial charge in [0.2, 0.25) is 0 Å². The van der Waals surface area contributed by atoms with Gasteiger partial charge in [0.1, 0.15) is 5.76 Å². The molecule has 0 spiro atoms. The lowest BCUT2D eigenvalue weighted by Crippen LogP contribution is -2.46. The zero-order valence-electron chi connectivity index (χ0n) is 13.5. The molecular formula is C15H19N3O4S2. The standard InChI is InChI=1S/C15H19N3O4S2/c1-15(5-8-24(20,21)10-15)17-13(19)12-4-3-11(22-12)9-23-14-16-6-7-18(14)2/h3-4,6-7H,5,8-10H2,1-2H3,(H,17,19). The molecule has 7 nitrogen and oxygen atoms in total. The Morgan fingerprint density at radius 3 is 2.92 bits per heavy atom. The Bertz CT molecular complexity index is 856. The molecule has 0 aliphatic carbocycles. The summed E-state index contributed by atoms with van der Waals surface area (Å²) in [4.78, 5) is 16.5. The number of carbonyl (C=O) groups is 1. The number of hydrogen-bond acceptors (Lipinski definition) is 6. The Morgan fingerprint density at radius 1 is 1.50 bits per heavy atom. The molecule has 1 N–H and O–H groups in total. The van der Waals surface area contributed by atoms with Crippen LogP contribution in [-0.2, 0) is 22.6 Å². The monoisotopic (exact) mass is 369 g/mol. The Balaban J connectivity index is 1.61. The smallest absolute Gasteiger partial charge is 0.287 e. The summed E-state index contributed by atoms with van der Waals surface area (Å²) in [5.74, 6) is 1.10. The Kier molecular flexibility index (Phi) is 4.48. The van der Waals surface area contributed by atoms with Crippen molar-refractivity contribution in [1.29, 1.82) is 0 Å². The second-order valence-corrected chi connectivity index (χ2v) is 9.36. The molecule has 3 rings (SSSR count). The number of carbonyl (C=O) groups excluding carboxylic acids is 1. The summed E-state index contributed by atoms with van der Waals surface area (Å²) in [6.45, 7) is 1.75. The highest BCUT2D eigenvalue weighted by Gasteiger charge is 2.39. The van der Waals surface area contributed by atoms with E-state index in [1.54, 1.807) is 25.3 Å². The summed E-state index contributed by atoms with van der Waals surface area (Å²) in [6.07, 6.45) is 4.00. The SMILES string of the molecule is Cn1ccnc1SCc1ccc(C(=O)NC2(C)CCS(=O)(=O)C2)o1. The fourth-order valence-electron chi connectivity index (χ4n) is 2.65. The number of furan rings is 1. The fourth-order valence-corrected chi connectivity index (χ4v) is 5.57. The number of aromatic nitrogens is 2. The first kappa shape index (κ1) is 17.1. The normalized spacial score (nSPS) is 22.6. The van der Waals surface area contributed by atoms with E-state index in [1.807, 2.05) is 17.8 Å². The average molecular weight is 369 g/mol. The van der Waals surface area contributed by atoms with Crippen LogP contribution in [0, 0.1) is 0 Å². The van der Waals surface area contributed by atoms with Gasteiger partial charge in [-0.05, 0) is 25.5 Å². The fraction of sp³-hybridized carbons (Fsp3) is 0.467. The maximum absolute atomic E-state index is 12.3. The Morgan fingerprint density at radius 2 is 2.29 bits per heavy atom. The average Bonchev–Trinajstić information content (AvgIpc) is 3.17. The van der Waals surface area contributed by atoms with E-state index in [1.165, 1.54) is 11.8 Å². The van der Waals surface area contributed by atoms with Crippen LogP contribution in [0.25, 0.3) is 0 Å². The van der Waals surface area contributed by atoms with Crippen molar-refractivity contribution in [2.24, 2.45) is 7.05 Å². The molecule has 9 heteroatoms. The van der Waals surface area contributed by atoms with Crippen LogP contribution in [0.5, 0.6) is 0 Å². The molecule has 24 heavy (non-hydrogen) atoms. The van der Waals surface area contributed by atoms with Crippen molar-refractivity contribution in [1.82, 2.24) is 14.9 Å². The number of aryl methyl sites for hydroxylation is 1. The molecule has 0 aromatic carbocycles. The second-order valence-electron chi connectivity index (χ2n) is 6.23. The molecule has 1 saturated heterocycles. The van der Waals surface area contributed by atoms with E-state index in [9.17, 15) is 13.2 Å². The summed E-state index contributed by atoms with van der Waals surface area (Å²) in [7, 11) is -1.16. The third kappa shape index (κ3) is 3.84. The summed E-state index contributed by atoms with van der Waals surface area (Å²) in [6, 6.07) is 3.36. The van der Waals surface area contributed by atoms with E-state index < -0.39 is 15.4 Å². The molecule has 1 fully saturated rings. The number of thioether (sulfide) groups is 1. The van der Waals surface area contributed by atoms with Crippen molar-refractivity contribution in [3.8, 4) is 0 Å². The van der Waals surface area contributed by atoms with Crippen molar-refractivity contribution in [3.05, 3.63) is 36.0 Å².